The van der Waals surface area contributed by atoms with E-state index in [2.05, 4.69) is 22.2 Å². The number of benzene rings is 1. The minimum Gasteiger partial charge on any atom is -0.497 e. The van der Waals surface area contributed by atoms with Gasteiger partial charge in [-0.3, -0.25) is 0 Å². The first-order valence-corrected chi connectivity index (χ1v) is 6.87. The quantitative estimate of drug-likeness (QED) is 0.644. The molecule has 102 valence electrons. The molecule has 2 rings (SSSR count). The maximum absolute atomic E-state index is 5.94. The minimum atomic E-state index is 0.260. The van der Waals surface area contributed by atoms with Gasteiger partial charge in [-0.15, -0.1) is 0 Å². The lowest BCUT2D eigenvalue weighted by molar-refractivity contribution is 0.415. The smallest absolute Gasteiger partial charge is 0.224 e. The first-order chi connectivity index (χ1) is 9.24. The topological polar surface area (TPSA) is 47.0 Å². The second kappa shape index (κ2) is 6.57. The van der Waals surface area contributed by atoms with Gasteiger partial charge >= 0.3 is 0 Å². The fourth-order valence-electron chi connectivity index (χ4n) is 1.92. The van der Waals surface area contributed by atoms with Gasteiger partial charge in [0.05, 0.1) is 12.6 Å². The molecule has 0 saturated carbocycles. The monoisotopic (exact) mass is 279 g/mol. The summed E-state index contributed by atoms with van der Waals surface area (Å²) >= 11 is 5.94. The molecule has 0 unspecified atom stereocenters. The van der Waals surface area contributed by atoms with Crippen molar-refractivity contribution in [1.82, 2.24) is 9.97 Å². The number of unbranched alkanes of at least 4 members (excludes halogenated alkanes) is 2. The average molecular weight is 280 g/mol. The van der Waals surface area contributed by atoms with E-state index in [0.29, 0.717) is 0 Å². The Morgan fingerprint density at radius 3 is 2.84 bits per heavy atom. The van der Waals surface area contributed by atoms with E-state index in [1.54, 1.807) is 7.11 Å². The van der Waals surface area contributed by atoms with Gasteiger partial charge in [-0.05, 0) is 36.2 Å². The molecule has 4 nitrogen and oxygen atoms in total. The van der Waals surface area contributed by atoms with E-state index in [-0.39, 0.29) is 5.28 Å². The zero-order valence-electron chi connectivity index (χ0n) is 11.2. The van der Waals surface area contributed by atoms with Crippen LogP contribution in [0.4, 0.5) is 5.82 Å². The number of halogens is 1. The highest BCUT2D eigenvalue weighted by Gasteiger charge is 2.07. The number of nitrogens with one attached hydrogen (secondary N) is 1. The maximum atomic E-state index is 5.94. The molecule has 1 N–H and O–H groups in total. The van der Waals surface area contributed by atoms with E-state index in [1.807, 2.05) is 18.2 Å². The summed E-state index contributed by atoms with van der Waals surface area (Å²) in [4.78, 5) is 8.48. The van der Waals surface area contributed by atoms with Crippen LogP contribution in [0.1, 0.15) is 26.2 Å². The molecular weight excluding hydrogens is 262 g/mol. The number of rotatable bonds is 6. The van der Waals surface area contributed by atoms with Crippen molar-refractivity contribution in [2.75, 3.05) is 19.0 Å². The molecule has 0 bridgehead atoms. The summed E-state index contributed by atoms with van der Waals surface area (Å²) in [6, 6.07) is 5.68. The van der Waals surface area contributed by atoms with Crippen molar-refractivity contribution in [3.05, 3.63) is 23.5 Å². The predicted molar refractivity (Wildman–Crippen MR) is 79.1 cm³/mol. The third-order valence-corrected chi connectivity index (χ3v) is 3.12. The molecule has 2 aromatic rings. The van der Waals surface area contributed by atoms with Gasteiger partial charge in [-0.25, -0.2) is 9.97 Å². The molecule has 1 aromatic carbocycles. The lowest BCUT2D eigenvalue weighted by Gasteiger charge is -2.09. The number of anilines is 1. The van der Waals surface area contributed by atoms with Gasteiger partial charge in [0.15, 0.2) is 0 Å². The van der Waals surface area contributed by atoms with E-state index >= 15 is 0 Å². The van der Waals surface area contributed by atoms with Crippen LogP contribution in [0, 0.1) is 0 Å². The highest BCUT2D eigenvalue weighted by atomic mass is 35.5. The second-order valence-electron chi connectivity index (χ2n) is 4.36. The number of fused-ring (bicyclic) bond motifs is 1. The van der Waals surface area contributed by atoms with E-state index < -0.39 is 0 Å². The van der Waals surface area contributed by atoms with Gasteiger partial charge in [-0.2, -0.15) is 0 Å². The Hall–Kier alpha value is -1.55. The van der Waals surface area contributed by atoms with Crippen LogP contribution in [0.2, 0.25) is 5.28 Å². The number of ether oxygens (including phenoxy) is 1. The van der Waals surface area contributed by atoms with Crippen molar-refractivity contribution >= 4 is 28.3 Å². The van der Waals surface area contributed by atoms with Crippen LogP contribution in [0.3, 0.4) is 0 Å². The fourth-order valence-corrected chi connectivity index (χ4v) is 2.10. The van der Waals surface area contributed by atoms with E-state index in [1.165, 1.54) is 12.8 Å². The van der Waals surface area contributed by atoms with Crippen LogP contribution in [0.5, 0.6) is 5.75 Å². The molecular formula is C14H18ClN3O. The van der Waals surface area contributed by atoms with Gasteiger partial charge in [0, 0.05) is 11.9 Å². The summed E-state index contributed by atoms with van der Waals surface area (Å²) in [5.74, 6) is 1.56. The first-order valence-electron chi connectivity index (χ1n) is 6.49. The molecule has 0 aliphatic carbocycles. The van der Waals surface area contributed by atoms with Crippen LogP contribution in [0.15, 0.2) is 18.2 Å². The molecule has 1 heterocycles. The third kappa shape index (κ3) is 3.47. The van der Waals surface area contributed by atoms with Crippen molar-refractivity contribution in [2.24, 2.45) is 0 Å². The van der Waals surface area contributed by atoms with Gasteiger partial charge < -0.3 is 10.1 Å². The molecule has 5 heteroatoms. The van der Waals surface area contributed by atoms with Crippen molar-refractivity contribution in [1.29, 1.82) is 0 Å². The number of nitrogens with zero attached hydrogens (tertiary/aromatic N) is 2. The summed E-state index contributed by atoms with van der Waals surface area (Å²) < 4.78 is 5.23. The first kappa shape index (κ1) is 13.9. The van der Waals surface area contributed by atoms with Crippen molar-refractivity contribution in [3.8, 4) is 5.75 Å². The molecule has 0 radical (unpaired) electrons. The Morgan fingerprint density at radius 1 is 1.26 bits per heavy atom. The van der Waals surface area contributed by atoms with Crippen LogP contribution in [-0.2, 0) is 0 Å². The maximum Gasteiger partial charge on any atom is 0.224 e. The van der Waals surface area contributed by atoms with Crippen molar-refractivity contribution < 1.29 is 4.74 Å². The van der Waals surface area contributed by atoms with Gasteiger partial charge in [-0.1, -0.05) is 19.8 Å². The standard InChI is InChI=1S/C14H18ClN3O/c1-3-4-5-8-16-13-11-9-10(19-2)6-7-12(11)17-14(15)18-13/h6-7,9H,3-5,8H2,1-2H3,(H,16,17,18). The Kier molecular flexibility index (Phi) is 4.80. The highest BCUT2D eigenvalue weighted by molar-refractivity contribution is 6.28. The Balaban J connectivity index is 2.28. The molecule has 0 fully saturated rings. The molecule has 0 aliphatic rings. The number of methoxy groups -OCH3 is 1. The molecule has 0 amide bonds. The van der Waals surface area contributed by atoms with E-state index in [0.717, 1.165) is 35.4 Å². The Labute approximate surface area is 118 Å². The summed E-state index contributed by atoms with van der Waals surface area (Å²) in [7, 11) is 1.65. The Bertz CT molecular complexity index is 560. The van der Waals surface area contributed by atoms with Crippen LogP contribution < -0.4 is 10.1 Å². The van der Waals surface area contributed by atoms with Crippen LogP contribution in [0.25, 0.3) is 10.9 Å². The van der Waals surface area contributed by atoms with Gasteiger partial charge in [0.25, 0.3) is 0 Å². The third-order valence-electron chi connectivity index (χ3n) is 2.95. The van der Waals surface area contributed by atoms with E-state index in [9.17, 15) is 0 Å². The largest absolute Gasteiger partial charge is 0.497 e. The van der Waals surface area contributed by atoms with Crippen molar-refractivity contribution in [3.63, 3.8) is 0 Å². The summed E-state index contributed by atoms with van der Waals surface area (Å²) in [5, 5.41) is 4.51. The number of aromatic nitrogens is 2. The average Bonchev–Trinajstić information content (AvgIpc) is 2.43. The SMILES string of the molecule is CCCCCNc1nc(Cl)nc2ccc(OC)cc12. The molecule has 0 aliphatic heterocycles. The second-order valence-corrected chi connectivity index (χ2v) is 4.70. The molecule has 0 spiro atoms. The predicted octanol–water partition coefficient (Wildman–Crippen LogP) is 3.89. The summed E-state index contributed by atoms with van der Waals surface area (Å²) in [6.45, 7) is 3.06. The number of hydrogen-bond acceptors (Lipinski definition) is 4. The highest BCUT2D eigenvalue weighted by Crippen LogP contribution is 2.26. The lowest BCUT2D eigenvalue weighted by atomic mass is 10.2. The molecule has 0 atom stereocenters. The zero-order chi connectivity index (χ0) is 13.7. The lowest BCUT2D eigenvalue weighted by Crippen LogP contribution is -2.05. The normalized spacial score (nSPS) is 10.7. The molecule has 1 aromatic heterocycles. The van der Waals surface area contributed by atoms with Gasteiger partial charge in [0.1, 0.15) is 11.6 Å². The van der Waals surface area contributed by atoms with E-state index in [4.69, 9.17) is 16.3 Å². The van der Waals surface area contributed by atoms with Gasteiger partial charge in [0.2, 0.25) is 5.28 Å². The molecule has 0 saturated heterocycles. The Morgan fingerprint density at radius 2 is 2.11 bits per heavy atom. The summed E-state index contributed by atoms with van der Waals surface area (Å²) in [5.41, 5.74) is 0.818. The molecule has 19 heavy (non-hydrogen) atoms. The minimum absolute atomic E-state index is 0.260. The fraction of sp³-hybridized carbons (Fsp3) is 0.429. The van der Waals surface area contributed by atoms with Crippen LogP contribution in [-0.4, -0.2) is 23.6 Å². The zero-order valence-corrected chi connectivity index (χ0v) is 12.0. The van der Waals surface area contributed by atoms with Crippen molar-refractivity contribution in [2.45, 2.75) is 26.2 Å². The van der Waals surface area contributed by atoms with Crippen LogP contribution >= 0.6 is 11.6 Å². The summed E-state index contributed by atoms with van der Waals surface area (Å²) in [6.07, 6.45) is 3.51. The number of hydrogen-bond donors (Lipinski definition) is 1.